The quantitative estimate of drug-likeness (QED) is 0.828. The predicted molar refractivity (Wildman–Crippen MR) is 67.8 cm³/mol. The zero-order valence-corrected chi connectivity index (χ0v) is 10.1. The summed E-state index contributed by atoms with van der Waals surface area (Å²) in [6.45, 7) is 0. The lowest BCUT2D eigenvalue weighted by Crippen LogP contribution is -2.23. The molecule has 0 aromatic carbocycles. The van der Waals surface area contributed by atoms with Crippen LogP contribution in [0.3, 0.4) is 0 Å². The molecule has 94 valence electrons. The number of halogens is 1. The maximum Gasteiger partial charge on any atom is 0.213 e. The fourth-order valence-electron chi connectivity index (χ4n) is 2.49. The zero-order chi connectivity index (χ0) is 12.4. The molecule has 0 saturated heterocycles. The molecule has 0 spiro atoms. The van der Waals surface area contributed by atoms with Crippen molar-refractivity contribution < 1.29 is 4.39 Å². The van der Waals surface area contributed by atoms with Crippen molar-refractivity contribution in [3.63, 3.8) is 0 Å². The van der Waals surface area contributed by atoms with E-state index in [0.29, 0.717) is 22.8 Å². The van der Waals surface area contributed by atoms with Crippen molar-refractivity contribution in [2.75, 3.05) is 5.32 Å². The van der Waals surface area contributed by atoms with Gasteiger partial charge in [-0.25, -0.2) is 15.0 Å². The van der Waals surface area contributed by atoms with Gasteiger partial charge in [-0.05, 0) is 12.8 Å². The molecule has 1 aliphatic carbocycles. The smallest absolute Gasteiger partial charge is 0.213 e. The normalized spacial score (nSPS) is 16.9. The Morgan fingerprint density at radius 2 is 1.94 bits per heavy atom. The van der Waals surface area contributed by atoms with Crippen LogP contribution in [0.25, 0.3) is 10.9 Å². The average molecular weight is 246 g/mol. The van der Waals surface area contributed by atoms with Gasteiger partial charge in [0.1, 0.15) is 12.1 Å². The van der Waals surface area contributed by atoms with Gasteiger partial charge in [-0.2, -0.15) is 4.39 Å². The third kappa shape index (κ3) is 2.25. The van der Waals surface area contributed by atoms with Gasteiger partial charge in [0, 0.05) is 17.5 Å². The number of anilines is 1. The van der Waals surface area contributed by atoms with Crippen molar-refractivity contribution in [1.82, 2.24) is 15.0 Å². The van der Waals surface area contributed by atoms with Crippen LogP contribution in [-0.4, -0.2) is 21.0 Å². The molecule has 0 aliphatic heterocycles. The van der Waals surface area contributed by atoms with Crippen LogP contribution in [0.15, 0.2) is 18.6 Å². The Morgan fingerprint density at radius 3 is 2.78 bits per heavy atom. The van der Waals surface area contributed by atoms with E-state index in [9.17, 15) is 4.39 Å². The second-order valence-electron chi connectivity index (χ2n) is 4.73. The number of nitrogens with zero attached hydrogens (tertiary/aromatic N) is 3. The monoisotopic (exact) mass is 246 g/mol. The van der Waals surface area contributed by atoms with E-state index in [-0.39, 0.29) is 0 Å². The Labute approximate surface area is 105 Å². The van der Waals surface area contributed by atoms with Crippen molar-refractivity contribution in [3.8, 4) is 0 Å². The molecule has 0 bridgehead atoms. The lowest BCUT2D eigenvalue weighted by molar-refractivity contribution is 0.462. The maximum atomic E-state index is 13.2. The molecule has 2 aromatic rings. The molecule has 4 nitrogen and oxygen atoms in total. The minimum Gasteiger partial charge on any atom is -0.367 e. The highest BCUT2D eigenvalue weighted by Gasteiger charge is 2.15. The number of aromatic nitrogens is 3. The molecule has 0 radical (unpaired) electrons. The third-order valence-electron chi connectivity index (χ3n) is 3.43. The van der Waals surface area contributed by atoms with Crippen LogP contribution >= 0.6 is 0 Å². The van der Waals surface area contributed by atoms with Crippen molar-refractivity contribution in [2.24, 2.45) is 0 Å². The van der Waals surface area contributed by atoms with E-state index < -0.39 is 5.95 Å². The van der Waals surface area contributed by atoms with E-state index in [1.807, 2.05) is 0 Å². The van der Waals surface area contributed by atoms with Gasteiger partial charge in [0.25, 0.3) is 0 Å². The Bertz CT molecular complexity index is 552. The zero-order valence-electron chi connectivity index (χ0n) is 10.1. The SMILES string of the molecule is Fc1cc2c(NC3CCCCC3)ncnc2cn1. The summed E-state index contributed by atoms with van der Waals surface area (Å²) < 4.78 is 13.2. The van der Waals surface area contributed by atoms with E-state index in [1.54, 1.807) is 0 Å². The molecule has 1 fully saturated rings. The van der Waals surface area contributed by atoms with Gasteiger partial charge in [-0.1, -0.05) is 19.3 Å². The first-order valence-electron chi connectivity index (χ1n) is 6.36. The number of hydrogen-bond acceptors (Lipinski definition) is 4. The summed E-state index contributed by atoms with van der Waals surface area (Å²) >= 11 is 0. The van der Waals surface area contributed by atoms with Crippen LogP contribution in [0.5, 0.6) is 0 Å². The summed E-state index contributed by atoms with van der Waals surface area (Å²) in [5, 5.41) is 4.11. The Kier molecular flexibility index (Phi) is 3.04. The molecule has 2 heterocycles. The van der Waals surface area contributed by atoms with Crippen LogP contribution in [0.4, 0.5) is 10.2 Å². The van der Waals surface area contributed by atoms with Gasteiger partial charge in [0.05, 0.1) is 11.7 Å². The molecule has 0 unspecified atom stereocenters. The standard InChI is InChI=1S/C13H15FN4/c14-12-6-10-11(7-15-12)16-8-17-13(10)18-9-4-2-1-3-5-9/h6-9H,1-5H2,(H,16,17,18). The fraction of sp³-hybridized carbons (Fsp3) is 0.462. The first-order chi connectivity index (χ1) is 8.83. The molecule has 1 saturated carbocycles. The molecular weight excluding hydrogens is 231 g/mol. The first kappa shape index (κ1) is 11.3. The van der Waals surface area contributed by atoms with E-state index in [0.717, 1.165) is 12.8 Å². The second-order valence-corrected chi connectivity index (χ2v) is 4.73. The van der Waals surface area contributed by atoms with Crippen molar-refractivity contribution in [1.29, 1.82) is 0 Å². The average Bonchev–Trinajstić information content (AvgIpc) is 2.41. The van der Waals surface area contributed by atoms with E-state index in [1.165, 1.54) is 37.9 Å². The number of hydrogen-bond donors (Lipinski definition) is 1. The second kappa shape index (κ2) is 4.84. The van der Waals surface area contributed by atoms with Gasteiger partial charge in [-0.15, -0.1) is 0 Å². The van der Waals surface area contributed by atoms with E-state index >= 15 is 0 Å². The first-order valence-corrected chi connectivity index (χ1v) is 6.36. The molecular formula is C13H15FN4. The molecule has 18 heavy (non-hydrogen) atoms. The number of nitrogens with one attached hydrogen (secondary N) is 1. The lowest BCUT2D eigenvalue weighted by Gasteiger charge is -2.23. The predicted octanol–water partition coefficient (Wildman–Crippen LogP) is 2.91. The topological polar surface area (TPSA) is 50.7 Å². The highest BCUT2D eigenvalue weighted by molar-refractivity contribution is 5.88. The maximum absolute atomic E-state index is 13.2. The van der Waals surface area contributed by atoms with E-state index in [2.05, 4.69) is 20.3 Å². The van der Waals surface area contributed by atoms with Crippen LogP contribution in [0, 0.1) is 5.95 Å². The number of rotatable bonds is 2. The van der Waals surface area contributed by atoms with Crippen molar-refractivity contribution in [3.05, 3.63) is 24.5 Å². The number of fused-ring (bicyclic) bond motifs is 1. The summed E-state index contributed by atoms with van der Waals surface area (Å²) in [5.41, 5.74) is 0.671. The summed E-state index contributed by atoms with van der Waals surface area (Å²) in [6, 6.07) is 1.83. The Balaban J connectivity index is 1.92. The molecule has 2 aromatic heterocycles. The van der Waals surface area contributed by atoms with Crippen LogP contribution < -0.4 is 5.32 Å². The number of pyridine rings is 1. The third-order valence-corrected chi connectivity index (χ3v) is 3.43. The largest absolute Gasteiger partial charge is 0.367 e. The van der Waals surface area contributed by atoms with Gasteiger partial charge in [0.15, 0.2) is 0 Å². The van der Waals surface area contributed by atoms with Gasteiger partial charge in [0.2, 0.25) is 5.95 Å². The van der Waals surface area contributed by atoms with Gasteiger partial charge in [-0.3, -0.25) is 0 Å². The van der Waals surface area contributed by atoms with Crippen LogP contribution in [0.2, 0.25) is 0 Å². The molecule has 3 rings (SSSR count). The highest BCUT2D eigenvalue weighted by Crippen LogP contribution is 2.24. The highest BCUT2D eigenvalue weighted by atomic mass is 19.1. The van der Waals surface area contributed by atoms with E-state index in [4.69, 9.17) is 0 Å². The minimum absolute atomic E-state index is 0.438. The Hall–Kier alpha value is -1.78. The van der Waals surface area contributed by atoms with Crippen LogP contribution in [0.1, 0.15) is 32.1 Å². The summed E-state index contributed by atoms with van der Waals surface area (Å²) in [6.07, 6.45) is 9.04. The summed E-state index contributed by atoms with van der Waals surface area (Å²) in [7, 11) is 0. The van der Waals surface area contributed by atoms with Gasteiger partial charge >= 0.3 is 0 Å². The van der Waals surface area contributed by atoms with Crippen LogP contribution in [-0.2, 0) is 0 Å². The summed E-state index contributed by atoms with van der Waals surface area (Å²) in [4.78, 5) is 11.9. The molecule has 0 atom stereocenters. The van der Waals surface area contributed by atoms with Crippen molar-refractivity contribution >= 4 is 16.7 Å². The van der Waals surface area contributed by atoms with Crippen molar-refractivity contribution in [2.45, 2.75) is 38.1 Å². The fourth-order valence-corrected chi connectivity index (χ4v) is 2.49. The molecule has 1 aliphatic rings. The minimum atomic E-state index is -0.496. The van der Waals surface area contributed by atoms with Gasteiger partial charge < -0.3 is 5.32 Å². The molecule has 5 heteroatoms. The Morgan fingerprint density at radius 1 is 1.11 bits per heavy atom. The summed E-state index contributed by atoms with van der Waals surface area (Å²) in [5.74, 6) is 0.220. The molecule has 1 N–H and O–H groups in total. The lowest BCUT2D eigenvalue weighted by atomic mass is 9.95. The molecule has 0 amide bonds.